The Labute approximate surface area is 105 Å². The number of aromatic nitrogens is 2. The molecular weight excluding hydrogens is 288 g/mol. The minimum absolute atomic E-state index is 0.0644. The lowest BCUT2D eigenvalue weighted by Crippen LogP contribution is -1.99. The zero-order valence-corrected chi connectivity index (χ0v) is 10.1. The van der Waals surface area contributed by atoms with Crippen molar-refractivity contribution in [2.45, 2.75) is 0 Å². The molecule has 0 fully saturated rings. The molecule has 0 bridgehead atoms. The van der Waals surface area contributed by atoms with E-state index in [-0.39, 0.29) is 5.69 Å². The number of aromatic carboxylic acids is 1. The zero-order valence-electron chi connectivity index (χ0n) is 8.50. The summed E-state index contributed by atoms with van der Waals surface area (Å²) in [5.41, 5.74) is -0.0644. The van der Waals surface area contributed by atoms with Crippen molar-refractivity contribution in [1.82, 2.24) is 9.97 Å². The van der Waals surface area contributed by atoms with Crippen molar-refractivity contribution in [3.63, 3.8) is 0 Å². The van der Waals surface area contributed by atoms with E-state index in [1.807, 2.05) is 0 Å². The Balaban J connectivity index is 2.24. The number of carbonyl (C=O) groups is 1. The van der Waals surface area contributed by atoms with Gasteiger partial charge in [-0.1, -0.05) is 0 Å². The van der Waals surface area contributed by atoms with Crippen LogP contribution >= 0.6 is 15.9 Å². The van der Waals surface area contributed by atoms with Gasteiger partial charge < -0.3 is 9.84 Å². The van der Waals surface area contributed by atoms with E-state index in [9.17, 15) is 4.79 Å². The molecule has 6 heteroatoms. The van der Waals surface area contributed by atoms with Crippen LogP contribution in [-0.2, 0) is 0 Å². The monoisotopic (exact) mass is 294 g/mol. The molecule has 0 unspecified atom stereocenters. The van der Waals surface area contributed by atoms with E-state index < -0.39 is 5.97 Å². The van der Waals surface area contributed by atoms with Gasteiger partial charge in [-0.05, 0) is 28.1 Å². The highest BCUT2D eigenvalue weighted by Gasteiger charge is 2.06. The lowest BCUT2D eigenvalue weighted by atomic mass is 10.3. The molecule has 2 heterocycles. The van der Waals surface area contributed by atoms with Crippen LogP contribution in [0.4, 0.5) is 0 Å². The van der Waals surface area contributed by atoms with Gasteiger partial charge in [0.05, 0.1) is 6.20 Å². The van der Waals surface area contributed by atoms with Crippen molar-refractivity contribution in [1.29, 1.82) is 0 Å². The molecule has 2 aromatic heterocycles. The van der Waals surface area contributed by atoms with Crippen LogP contribution in [0.2, 0.25) is 0 Å². The number of pyridine rings is 2. The molecule has 2 rings (SSSR count). The van der Waals surface area contributed by atoms with Gasteiger partial charge in [0.1, 0.15) is 11.5 Å². The predicted octanol–water partition coefficient (Wildman–Crippen LogP) is 2.73. The molecule has 1 N–H and O–H groups in total. The quantitative estimate of drug-likeness (QED) is 0.942. The summed E-state index contributed by atoms with van der Waals surface area (Å²) < 4.78 is 6.23. The summed E-state index contributed by atoms with van der Waals surface area (Å²) in [6, 6.07) is 4.66. The number of carboxylic acids is 1. The van der Waals surface area contributed by atoms with E-state index in [2.05, 4.69) is 25.9 Å². The maximum absolute atomic E-state index is 10.7. The van der Waals surface area contributed by atoms with Gasteiger partial charge in [0.15, 0.2) is 5.69 Å². The average Bonchev–Trinajstić information content (AvgIpc) is 2.29. The lowest BCUT2D eigenvalue weighted by Gasteiger charge is -2.05. The van der Waals surface area contributed by atoms with Gasteiger partial charge in [-0.3, -0.25) is 4.98 Å². The summed E-state index contributed by atoms with van der Waals surface area (Å²) in [4.78, 5) is 18.3. The number of halogens is 1. The maximum Gasteiger partial charge on any atom is 0.354 e. The molecule has 0 aromatic carbocycles. The van der Waals surface area contributed by atoms with Crippen molar-refractivity contribution in [3.8, 4) is 11.5 Å². The fraction of sp³-hybridized carbons (Fsp3) is 0. The Hall–Kier alpha value is -1.95. The predicted molar refractivity (Wildman–Crippen MR) is 63.2 cm³/mol. The molecule has 0 aliphatic heterocycles. The fourth-order valence-electron chi connectivity index (χ4n) is 1.18. The van der Waals surface area contributed by atoms with E-state index >= 15 is 0 Å². The second-order valence-corrected chi connectivity index (χ2v) is 4.04. The Bertz CT molecular complexity index is 560. The summed E-state index contributed by atoms with van der Waals surface area (Å²) in [6.45, 7) is 0. The molecule has 0 radical (unpaired) electrons. The van der Waals surface area contributed by atoms with E-state index in [0.717, 1.165) is 4.47 Å². The average molecular weight is 295 g/mol. The van der Waals surface area contributed by atoms with Crippen LogP contribution in [0.15, 0.2) is 41.3 Å². The molecule has 2 aromatic rings. The maximum atomic E-state index is 10.7. The van der Waals surface area contributed by atoms with Crippen LogP contribution in [0, 0.1) is 0 Å². The van der Waals surface area contributed by atoms with Gasteiger partial charge in [0, 0.05) is 22.9 Å². The SMILES string of the molecule is O=C(O)c1cc(Oc2cncc(Br)c2)ccn1. The number of carboxylic acid groups (broad SMARTS) is 1. The third-order valence-electron chi connectivity index (χ3n) is 1.87. The highest BCUT2D eigenvalue weighted by atomic mass is 79.9. The molecule has 0 saturated carbocycles. The second-order valence-electron chi connectivity index (χ2n) is 3.12. The summed E-state index contributed by atoms with van der Waals surface area (Å²) >= 11 is 3.26. The van der Waals surface area contributed by atoms with Gasteiger partial charge in [0.25, 0.3) is 0 Å². The normalized spacial score (nSPS) is 9.94. The third-order valence-corrected chi connectivity index (χ3v) is 2.30. The summed E-state index contributed by atoms with van der Waals surface area (Å²) in [6.07, 6.45) is 4.54. The molecule has 5 nitrogen and oxygen atoms in total. The summed E-state index contributed by atoms with van der Waals surface area (Å²) in [5, 5.41) is 8.78. The first-order chi connectivity index (χ1) is 8.15. The molecule has 17 heavy (non-hydrogen) atoms. The summed E-state index contributed by atoms with van der Waals surface area (Å²) in [5.74, 6) is -0.179. The van der Waals surface area contributed by atoms with Crippen molar-refractivity contribution >= 4 is 21.9 Å². The second kappa shape index (κ2) is 4.92. The Morgan fingerprint density at radius 3 is 2.82 bits per heavy atom. The molecule has 0 aliphatic rings. The Kier molecular flexibility index (Phi) is 3.34. The zero-order chi connectivity index (χ0) is 12.3. The van der Waals surface area contributed by atoms with Crippen LogP contribution in [0.1, 0.15) is 10.5 Å². The fourth-order valence-corrected chi connectivity index (χ4v) is 1.52. The van der Waals surface area contributed by atoms with Gasteiger partial charge in [-0.15, -0.1) is 0 Å². The van der Waals surface area contributed by atoms with Crippen LogP contribution in [0.3, 0.4) is 0 Å². The topological polar surface area (TPSA) is 72.3 Å². The molecular formula is C11H7BrN2O3. The minimum atomic E-state index is -1.09. The molecule has 0 saturated heterocycles. The van der Waals surface area contributed by atoms with E-state index in [1.165, 1.54) is 18.5 Å². The molecule has 0 spiro atoms. The van der Waals surface area contributed by atoms with Crippen molar-refractivity contribution in [2.75, 3.05) is 0 Å². The highest BCUT2D eigenvalue weighted by Crippen LogP contribution is 2.23. The number of hydrogen-bond acceptors (Lipinski definition) is 4. The number of hydrogen-bond donors (Lipinski definition) is 1. The standard InChI is InChI=1S/C11H7BrN2O3/c12-7-3-9(6-13-5-7)17-8-1-2-14-10(4-8)11(15)16/h1-6H,(H,15,16). The van der Waals surface area contributed by atoms with E-state index in [0.29, 0.717) is 11.5 Å². The highest BCUT2D eigenvalue weighted by molar-refractivity contribution is 9.10. The van der Waals surface area contributed by atoms with Crippen LogP contribution in [-0.4, -0.2) is 21.0 Å². The number of ether oxygens (including phenoxy) is 1. The van der Waals surface area contributed by atoms with Gasteiger partial charge in [-0.2, -0.15) is 0 Å². The van der Waals surface area contributed by atoms with Gasteiger partial charge in [0.2, 0.25) is 0 Å². The van der Waals surface area contributed by atoms with Crippen LogP contribution in [0.5, 0.6) is 11.5 Å². The molecule has 0 aliphatic carbocycles. The van der Waals surface area contributed by atoms with Crippen molar-refractivity contribution < 1.29 is 14.6 Å². The first kappa shape index (κ1) is 11.5. The minimum Gasteiger partial charge on any atom is -0.477 e. The molecule has 86 valence electrons. The van der Waals surface area contributed by atoms with Gasteiger partial charge >= 0.3 is 5.97 Å². The number of rotatable bonds is 3. The van der Waals surface area contributed by atoms with Gasteiger partial charge in [-0.25, -0.2) is 9.78 Å². The van der Waals surface area contributed by atoms with E-state index in [1.54, 1.807) is 18.3 Å². The summed E-state index contributed by atoms with van der Waals surface area (Å²) in [7, 11) is 0. The smallest absolute Gasteiger partial charge is 0.354 e. The Morgan fingerprint density at radius 2 is 2.12 bits per heavy atom. The first-order valence-corrected chi connectivity index (χ1v) is 5.42. The van der Waals surface area contributed by atoms with Crippen molar-refractivity contribution in [2.24, 2.45) is 0 Å². The number of nitrogens with zero attached hydrogens (tertiary/aromatic N) is 2. The van der Waals surface area contributed by atoms with E-state index in [4.69, 9.17) is 9.84 Å². The third kappa shape index (κ3) is 3.01. The molecule has 0 amide bonds. The lowest BCUT2D eigenvalue weighted by molar-refractivity contribution is 0.0690. The van der Waals surface area contributed by atoms with Crippen molar-refractivity contribution in [3.05, 3.63) is 47.0 Å². The van der Waals surface area contributed by atoms with Crippen LogP contribution < -0.4 is 4.74 Å². The first-order valence-electron chi connectivity index (χ1n) is 4.63. The largest absolute Gasteiger partial charge is 0.477 e. The molecule has 0 atom stereocenters. The van der Waals surface area contributed by atoms with Crippen LogP contribution in [0.25, 0.3) is 0 Å². The Morgan fingerprint density at radius 1 is 1.29 bits per heavy atom.